The first-order chi connectivity index (χ1) is 8.16. The molecule has 0 aliphatic heterocycles. The van der Waals surface area contributed by atoms with Crippen molar-refractivity contribution < 1.29 is 21.2 Å². The lowest BCUT2D eigenvalue weighted by atomic mass is 10.3. The molecule has 0 amide bonds. The first kappa shape index (κ1) is 14.9. The zero-order chi connectivity index (χ0) is 14.0. The maximum atomic E-state index is 13.0. The van der Waals surface area contributed by atoms with Gasteiger partial charge in [0, 0.05) is 11.4 Å². The minimum atomic E-state index is -3.85. The van der Waals surface area contributed by atoms with Gasteiger partial charge in [-0.05, 0) is 18.2 Å². The highest BCUT2D eigenvalue weighted by Crippen LogP contribution is 2.17. The van der Waals surface area contributed by atoms with Gasteiger partial charge in [0.15, 0.2) is 19.7 Å². The summed E-state index contributed by atoms with van der Waals surface area (Å²) >= 11 is 0. The third kappa shape index (κ3) is 3.95. The first-order valence-electron chi connectivity index (χ1n) is 5.15. The standard InChI is InChI=1S/C10H14FNO4S2/c1-2-17(13,14)3-4-18(15,16)10-6-8(11)5-9(12)7-10/h5-7H,2-4,12H2,1H3. The maximum Gasteiger partial charge on any atom is 0.179 e. The Balaban J connectivity index is 3.00. The molecule has 1 aromatic carbocycles. The van der Waals surface area contributed by atoms with Crippen LogP contribution >= 0.6 is 0 Å². The zero-order valence-corrected chi connectivity index (χ0v) is 11.4. The fourth-order valence-corrected chi connectivity index (χ4v) is 4.29. The Morgan fingerprint density at radius 1 is 1.11 bits per heavy atom. The Kier molecular flexibility index (Phi) is 4.33. The topological polar surface area (TPSA) is 94.3 Å². The van der Waals surface area contributed by atoms with E-state index in [9.17, 15) is 21.2 Å². The lowest BCUT2D eigenvalue weighted by Crippen LogP contribution is -2.19. The number of benzene rings is 1. The monoisotopic (exact) mass is 295 g/mol. The number of halogens is 1. The fraction of sp³-hybridized carbons (Fsp3) is 0.400. The Morgan fingerprint density at radius 2 is 1.72 bits per heavy atom. The van der Waals surface area contributed by atoms with Crippen LogP contribution in [0.1, 0.15) is 6.92 Å². The third-order valence-electron chi connectivity index (χ3n) is 2.36. The molecule has 5 nitrogen and oxygen atoms in total. The van der Waals surface area contributed by atoms with Crippen LogP contribution in [0.3, 0.4) is 0 Å². The molecule has 8 heteroatoms. The number of nitrogens with two attached hydrogens (primary N) is 1. The molecule has 1 rings (SSSR count). The average molecular weight is 295 g/mol. The number of anilines is 1. The van der Waals surface area contributed by atoms with E-state index in [4.69, 9.17) is 5.73 Å². The molecule has 0 aliphatic rings. The van der Waals surface area contributed by atoms with Crippen molar-refractivity contribution >= 4 is 25.4 Å². The highest BCUT2D eigenvalue weighted by atomic mass is 32.2. The van der Waals surface area contributed by atoms with Gasteiger partial charge in [0.05, 0.1) is 16.4 Å². The van der Waals surface area contributed by atoms with Crippen LogP contribution in [-0.4, -0.2) is 34.1 Å². The number of sulfone groups is 2. The Morgan fingerprint density at radius 3 is 2.22 bits per heavy atom. The molecule has 0 aromatic heterocycles. The third-order valence-corrected chi connectivity index (χ3v) is 6.02. The molecule has 18 heavy (non-hydrogen) atoms. The number of hydrogen-bond donors (Lipinski definition) is 1. The normalized spacial score (nSPS) is 12.6. The van der Waals surface area contributed by atoms with E-state index in [1.165, 1.54) is 6.92 Å². The molecule has 2 N–H and O–H groups in total. The number of rotatable bonds is 5. The lowest BCUT2D eigenvalue weighted by molar-refractivity contribution is 0.586. The Labute approximate surface area is 106 Å². The van der Waals surface area contributed by atoms with E-state index in [0.29, 0.717) is 0 Å². The number of nitrogen functional groups attached to an aromatic ring is 1. The molecule has 0 atom stereocenters. The second-order valence-corrected chi connectivity index (χ2v) is 8.36. The van der Waals surface area contributed by atoms with E-state index in [1.54, 1.807) is 0 Å². The summed E-state index contributed by atoms with van der Waals surface area (Å²) in [6, 6.07) is 2.92. The van der Waals surface area contributed by atoms with E-state index < -0.39 is 37.0 Å². The molecule has 0 spiro atoms. The summed E-state index contributed by atoms with van der Waals surface area (Å²) in [4.78, 5) is -0.300. The molecule has 0 saturated carbocycles. The van der Waals surface area contributed by atoms with Crippen LogP contribution in [0.25, 0.3) is 0 Å². The van der Waals surface area contributed by atoms with Gasteiger partial charge in [-0.1, -0.05) is 6.92 Å². The molecular weight excluding hydrogens is 281 g/mol. The average Bonchev–Trinajstić information content (AvgIpc) is 2.25. The van der Waals surface area contributed by atoms with E-state index in [-0.39, 0.29) is 16.3 Å². The summed E-state index contributed by atoms with van der Waals surface area (Å²) in [5, 5.41) is 0. The van der Waals surface area contributed by atoms with Gasteiger partial charge >= 0.3 is 0 Å². The molecular formula is C10H14FNO4S2. The lowest BCUT2D eigenvalue weighted by Gasteiger charge is -2.06. The summed E-state index contributed by atoms with van der Waals surface area (Å²) in [7, 11) is -7.23. The van der Waals surface area contributed by atoms with Crippen molar-refractivity contribution in [2.75, 3.05) is 23.0 Å². The summed E-state index contributed by atoms with van der Waals surface area (Å²) in [5.74, 6) is -1.96. The van der Waals surface area contributed by atoms with Crippen LogP contribution < -0.4 is 5.73 Å². The van der Waals surface area contributed by atoms with E-state index in [0.717, 1.165) is 18.2 Å². The van der Waals surface area contributed by atoms with E-state index in [1.807, 2.05) is 0 Å². The van der Waals surface area contributed by atoms with Crippen LogP contribution in [0, 0.1) is 5.82 Å². The van der Waals surface area contributed by atoms with E-state index in [2.05, 4.69) is 0 Å². The minimum Gasteiger partial charge on any atom is -0.399 e. The summed E-state index contributed by atoms with van der Waals surface area (Å²) < 4.78 is 59.2. The Hall–Kier alpha value is -1.15. The van der Waals surface area contributed by atoms with Crippen LogP contribution in [0.15, 0.2) is 23.1 Å². The van der Waals surface area contributed by atoms with Gasteiger partial charge in [0.2, 0.25) is 0 Å². The molecule has 102 valence electrons. The Bertz CT molecular complexity index is 618. The van der Waals surface area contributed by atoms with Crippen molar-refractivity contribution in [2.24, 2.45) is 0 Å². The van der Waals surface area contributed by atoms with Crippen LogP contribution in [0.5, 0.6) is 0 Å². The largest absolute Gasteiger partial charge is 0.399 e. The van der Waals surface area contributed by atoms with Crippen LogP contribution in [0.4, 0.5) is 10.1 Å². The first-order valence-corrected chi connectivity index (χ1v) is 8.63. The second-order valence-electron chi connectivity index (χ2n) is 3.78. The van der Waals surface area contributed by atoms with Crippen molar-refractivity contribution in [3.63, 3.8) is 0 Å². The van der Waals surface area contributed by atoms with Crippen LogP contribution in [0.2, 0.25) is 0 Å². The molecule has 0 fully saturated rings. The molecule has 0 radical (unpaired) electrons. The summed E-state index contributed by atoms with van der Waals surface area (Å²) in [5.41, 5.74) is 5.32. The highest BCUT2D eigenvalue weighted by Gasteiger charge is 2.19. The second kappa shape index (κ2) is 5.23. The van der Waals surface area contributed by atoms with E-state index >= 15 is 0 Å². The minimum absolute atomic E-state index is 0.0214. The molecule has 1 aromatic rings. The predicted octanol–water partition coefficient (Wildman–Crippen LogP) is 0.616. The SMILES string of the molecule is CCS(=O)(=O)CCS(=O)(=O)c1cc(N)cc(F)c1. The van der Waals surface area contributed by atoms with Crippen molar-refractivity contribution in [3.8, 4) is 0 Å². The summed E-state index contributed by atoms with van der Waals surface area (Å²) in [6.45, 7) is 1.43. The van der Waals surface area contributed by atoms with Crippen molar-refractivity contribution in [3.05, 3.63) is 24.0 Å². The molecule has 0 saturated heterocycles. The zero-order valence-electron chi connectivity index (χ0n) is 9.76. The van der Waals surface area contributed by atoms with Gasteiger partial charge < -0.3 is 5.73 Å². The van der Waals surface area contributed by atoms with Gasteiger partial charge in [0.1, 0.15) is 5.82 Å². The molecule has 0 unspecified atom stereocenters. The smallest absolute Gasteiger partial charge is 0.179 e. The molecule has 0 aliphatic carbocycles. The fourth-order valence-electron chi connectivity index (χ4n) is 1.26. The predicted molar refractivity (Wildman–Crippen MR) is 67.2 cm³/mol. The van der Waals surface area contributed by atoms with Gasteiger partial charge in [-0.2, -0.15) is 0 Å². The quantitative estimate of drug-likeness (QED) is 0.803. The summed E-state index contributed by atoms with van der Waals surface area (Å²) in [6.07, 6.45) is 0. The van der Waals surface area contributed by atoms with Gasteiger partial charge in [-0.25, -0.2) is 21.2 Å². The highest BCUT2D eigenvalue weighted by molar-refractivity contribution is 7.95. The van der Waals surface area contributed by atoms with Crippen molar-refractivity contribution in [1.82, 2.24) is 0 Å². The van der Waals surface area contributed by atoms with Crippen molar-refractivity contribution in [1.29, 1.82) is 0 Å². The molecule has 0 heterocycles. The molecule has 0 bridgehead atoms. The van der Waals surface area contributed by atoms with Crippen molar-refractivity contribution in [2.45, 2.75) is 11.8 Å². The number of hydrogen-bond acceptors (Lipinski definition) is 5. The van der Waals surface area contributed by atoms with Gasteiger partial charge in [-0.15, -0.1) is 0 Å². The van der Waals surface area contributed by atoms with Crippen LogP contribution in [-0.2, 0) is 19.7 Å². The van der Waals surface area contributed by atoms with Gasteiger partial charge in [-0.3, -0.25) is 0 Å². The maximum absolute atomic E-state index is 13.0. The van der Waals surface area contributed by atoms with Gasteiger partial charge in [0.25, 0.3) is 0 Å².